The second-order valence-electron chi connectivity index (χ2n) is 5.38. The van der Waals surface area contributed by atoms with E-state index >= 15 is 0 Å². The summed E-state index contributed by atoms with van der Waals surface area (Å²) in [6, 6.07) is -1.09. The molecule has 0 amide bonds. The fraction of sp³-hybridized carbons (Fsp3) is 0.571. The van der Waals surface area contributed by atoms with Gasteiger partial charge >= 0.3 is 0 Å². The molecular formula is C14H17F5N2. The molecule has 0 bridgehead atoms. The van der Waals surface area contributed by atoms with Crippen LogP contribution in [0.25, 0.3) is 0 Å². The Morgan fingerprint density at radius 2 is 1.19 bits per heavy atom. The van der Waals surface area contributed by atoms with Gasteiger partial charge in [0.15, 0.2) is 23.3 Å². The van der Waals surface area contributed by atoms with E-state index in [-0.39, 0.29) is 5.92 Å². The zero-order valence-corrected chi connectivity index (χ0v) is 11.4. The number of hydrogen-bond donors (Lipinski definition) is 2. The van der Waals surface area contributed by atoms with Gasteiger partial charge in [0, 0.05) is 5.56 Å². The molecule has 7 heteroatoms. The van der Waals surface area contributed by atoms with Crippen molar-refractivity contribution in [2.45, 2.75) is 44.6 Å². The quantitative estimate of drug-likeness (QED) is 0.222. The highest BCUT2D eigenvalue weighted by Crippen LogP contribution is 2.37. The van der Waals surface area contributed by atoms with Gasteiger partial charge in [0.1, 0.15) is 0 Å². The molecule has 1 aromatic rings. The predicted octanol–water partition coefficient (Wildman–Crippen LogP) is 3.86. The minimum atomic E-state index is -2.15. The first-order chi connectivity index (χ1) is 9.99. The molecule has 1 saturated carbocycles. The molecule has 1 aliphatic carbocycles. The molecule has 21 heavy (non-hydrogen) atoms. The fourth-order valence-corrected chi connectivity index (χ4v) is 2.99. The van der Waals surface area contributed by atoms with Crippen LogP contribution in [0, 0.1) is 35.0 Å². The molecule has 1 fully saturated rings. The Morgan fingerprint density at radius 1 is 0.762 bits per heavy atom. The van der Waals surface area contributed by atoms with Gasteiger partial charge in [-0.1, -0.05) is 25.7 Å². The maximum Gasteiger partial charge on any atom is 0.200 e. The molecule has 0 spiro atoms. The molecule has 2 nitrogen and oxygen atoms in total. The summed E-state index contributed by atoms with van der Waals surface area (Å²) in [7, 11) is 0. The van der Waals surface area contributed by atoms with Gasteiger partial charge in [-0.2, -0.15) is 0 Å². The third-order valence-electron chi connectivity index (χ3n) is 4.11. The van der Waals surface area contributed by atoms with Crippen LogP contribution in [0.3, 0.4) is 0 Å². The highest BCUT2D eigenvalue weighted by Gasteiger charge is 2.34. The number of nitrogens with one attached hydrogen (secondary N) is 1. The van der Waals surface area contributed by atoms with Gasteiger partial charge in [-0.05, 0) is 18.8 Å². The smallest absolute Gasteiger partial charge is 0.200 e. The molecule has 118 valence electrons. The van der Waals surface area contributed by atoms with Crippen LogP contribution in [0.5, 0.6) is 0 Å². The summed E-state index contributed by atoms with van der Waals surface area (Å²) in [5.74, 6) is -4.54. The van der Waals surface area contributed by atoms with E-state index in [0.29, 0.717) is 12.8 Å². The first kappa shape index (κ1) is 16.2. The summed E-state index contributed by atoms with van der Waals surface area (Å²) >= 11 is 0. The van der Waals surface area contributed by atoms with Crippen LogP contribution >= 0.6 is 0 Å². The maximum atomic E-state index is 13.9. The monoisotopic (exact) mass is 308 g/mol. The summed E-state index contributed by atoms with van der Waals surface area (Å²) in [6.45, 7) is 0. The van der Waals surface area contributed by atoms with E-state index in [0.717, 1.165) is 25.7 Å². The van der Waals surface area contributed by atoms with Crippen LogP contribution in [-0.2, 0) is 0 Å². The lowest BCUT2D eigenvalue weighted by molar-refractivity contribution is 0.293. The first-order valence-corrected chi connectivity index (χ1v) is 6.96. The van der Waals surface area contributed by atoms with E-state index in [9.17, 15) is 22.0 Å². The van der Waals surface area contributed by atoms with Gasteiger partial charge in [-0.3, -0.25) is 11.3 Å². The van der Waals surface area contributed by atoms with Crippen molar-refractivity contribution in [1.29, 1.82) is 0 Å². The van der Waals surface area contributed by atoms with E-state index in [1.807, 2.05) is 0 Å². The lowest BCUT2D eigenvalue weighted by atomic mass is 9.87. The Morgan fingerprint density at radius 3 is 1.62 bits per heavy atom. The third-order valence-corrected chi connectivity index (χ3v) is 4.11. The average Bonchev–Trinajstić information content (AvgIpc) is 2.76. The molecule has 1 atom stereocenters. The second kappa shape index (κ2) is 6.70. The summed E-state index contributed by atoms with van der Waals surface area (Å²) in [6.07, 6.45) is 4.94. The summed E-state index contributed by atoms with van der Waals surface area (Å²) in [5, 5.41) is 0. The van der Waals surface area contributed by atoms with Gasteiger partial charge in [-0.15, -0.1) is 0 Å². The zero-order valence-electron chi connectivity index (χ0n) is 11.4. The molecule has 0 radical (unpaired) electrons. The van der Waals surface area contributed by atoms with E-state index in [2.05, 4.69) is 5.43 Å². The van der Waals surface area contributed by atoms with E-state index in [1.54, 1.807) is 0 Å². The van der Waals surface area contributed by atoms with Crippen LogP contribution in [0.2, 0.25) is 0 Å². The van der Waals surface area contributed by atoms with Crippen LogP contribution < -0.4 is 11.3 Å². The van der Waals surface area contributed by atoms with Crippen molar-refractivity contribution in [3.8, 4) is 0 Å². The average molecular weight is 308 g/mol. The number of hydrazine groups is 1. The van der Waals surface area contributed by atoms with Crippen molar-refractivity contribution >= 4 is 0 Å². The Bertz CT molecular complexity index is 484. The molecule has 0 aliphatic heterocycles. The topological polar surface area (TPSA) is 38.0 Å². The van der Waals surface area contributed by atoms with Gasteiger partial charge < -0.3 is 0 Å². The Kier molecular flexibility index (Phi) is 5.16. The summed E-state index contributed by atoms with van der Waals surface area (Å²) < 4.78 is 67.5. The van der Waals surface area contributed by atoms with Crippen molar-refractivity contribution in [2.24, 2.45) is 11.8 Å². The largest absolute Gasteiger partial charge is 0.271 e. The van der Waals surface area contributed by atoms with Crippen LogP contribution in [-0.4, -0.2) is 0 Å². The van der Waals surface area contributed by atoms with Crippen LogP contribution in [0.15, 0.2) is 0 Å². The molecular weight excluding hydrogens is 291 g/mol. The summed E-state index contributed by atoms with van der Waals surface area (Å²) in [5.41, 5.74) is 1.38. The van der Waals surface area contributed by atoms with E-state index in [4.69, 9.17) is 5.84 Å². The number of hydrogen-bond acceptors (Lipinski definition) is 2. The zero-order chi connectivity index (χ0) is 15.6. The highest BCUT2D eigenvalue weighted by atomic mass is 19.2. The lowest BCUT2D eigenvalue weighted by Crippen LogP contribution is -2.35. The first-order valence-electron chi connectivity index (χ1n) is 6.96. The Labute approximate surface area is 119 Å². The highest BCUT2D eigenvalue weighted by molar-refractivity contribution is 5.27. The van der Waals surface area contributed by atoms with Crippen LogP contribution in [0.1, 0.15) is 50.1 Å². The molecule has 0 heterocycles. The molecule has 0 aromatic heterocycles. The predicted molar refractivity (Wildman–Crippen MR) is 67.5 cm³/mol. The van der Waals surface area contributed by atoms with Crippen molar-refractivity contribution < 1.29 is 22.0 Å². The molecule has 1 aromatic carbocycles. The number of nitrogens with two attached hydrogens (primary N) is 1. The maximum absolute atomic E-state index is 13.9. The number of benzene rings is 1. The molecule has 2 rings (SSSR count). The van der Waals surface area contributed by atoms with Crippen LogP contribution in [0.4, 0.5) is 22.0 Å². The van der Waals surface area contributed by atoms with Gasteiger partial charge in [0.05, 0.1) is 6.04 Å². The summed E-state index contributed by atoms with van der Waals surface area (Å²) in [4.78, 5) is 0. The van der Waals surface area contributed by atoms with Crippen molar-refractivity contribution in [3.63, 3.8) is 0 Å². The normalized spacial score (nSPS) is 18.6. The van der Waals surface area contributed by atoms with E-state index in [1.165, 1.54) is 0 Å². The number of rotatable bonds is 3. The standard InChI is InChI=1S/C14H17F5N2/c15-9-8(10(16)12(18)13(19)11(9)17)14(21-20)7-5-3-1-2-4-6-7/h7,14,21H,1-6,20H2. The Hall–Kier alpha value is -1.21. The molecule has 1 unspecified atom stereocenters. The van der Waals surface area contributed by atoms with Gasteiger partial charge in [0.25, 0.3) is 0 Å². The van der Waals surface area contributed by atoms with Crippen molar-refractivity contribution in [1.82, 2.24) is 5.43 Å². The number of halogens is 5. The molecule has 0 saturated heterocycles. The lowest BCUT2D eigenvalue weighted by Gasteiger charge is -2.26. The minimum Gasteiger partial charge on any atom is -0.271 e. The second-order valence-corrected chi connectivity index (χ2v) is 5.38. The SMILES string of the molecule is NNC(c1c(F)c(F)c(F)c(F)c1F)C1CCCCCC1. The fourth-order valence-electron chi connectivity index (χ4n) is 2.99. The van der Waals surface area contributed by atoms with E-state index < -0.39 is 40.7 Å². The van der Waals surface area contributed by atoms with Crippen molar-refractivity contribution in [3.05, 3.63) is 34.6 Å². The minimum absolute atomic E-state index is 0.259. The van der Waals surface area contributed by atoms with Crippen molar-refractivity contribution in [2.75, 3.05) is 0 Å². The Balaban J connectivity index is 2.46. The molecule has 3 N–H and O–H groups in total. The van der Waals surface area contributed by atoms with Gasteiger partial charge in [-0.25, -0.2) is 22.0 Å². The third kappa shape index (κ3) is 3.03. The van der Waals surface area contributed by atoms with Gasteiger partial charge in [0.2, 0.25) is 5.82 Å². The molecule has 1 aliphatic rings.